The van der Waals surface area contributed by atoms with Gasteiger partial charge in [0.15, 0.2) is 11.5 Å². The van der Waals surface area contributed by atoms with E-state index in [1.807, 2.05) is 30.3 Å². The molecule has 0 aromatic heterocycles. The SMILES string of the molecule is CCS(=O)(=O)N(CC(=O)NCCOc1ccccc1)c1ccc2c(c1)OCO2. The molecule has 0 radical (unpaired) electrons. The van der Waals surface area contributed by atoms with Crippen molar-refractivity contribution in [2.75, 3.05) is 36.5 Å². The average Bonchev–Trinajstić information content (AvgIpc) is 3.18. The summed E-state index contributed by atoms with van der Waals surface area (Å²) in [6.07, 6.45) is 0. The summed E-state index contributed by atoms with van der Waals surface area (Å²) >= 11 is 0. The highest BCUT2D eigenvalue weighted by molar-refractivity contribution is 7.92. The van der Waals surface area contributed by atoms with E-state index in [4.69, 9.17) is 14.2 Å². The van der Waals surface area contributed by atoms with Gasteiger partial charge in [0.1, 0.15) is 18.9 Å². The Labute approximate surface area is 164 Å². The molecule has 9 heteroatoms. The maximum atomic E-state index is 12.5. The first kappa shape index (κ1) is 19.8. The van der Waals surface area contributed by atoms with Crippen molar-refractivity contribution in [2.45, 2.75) is 6.92 Å². The molecule has 2 aromatic carbocycles. The Bertz CT molecular complexity index is 917. The van der Waals surface area contributed by atoms with Gasteiger partial charge in [0.05, 0.1) is 18.0 Å². The van der Waals surface area contributed by atoms with Crippen LogP contribution in [0.4, 0.5) is 5.69 Å². The molecule has 0 bridgehead atoms. The minimum atomic E-state index is -3.65. The van der Waals surface area contributed by atoms with Gasteiger partial charge in [-0.25, -0.2) is 8.42 Å². The van der Waals surface area contributed by atoms with Crippen molar-refractivity contribution in [3.63, 3.8) is 0 Å². The molecule has 0 saturated heterocycles. The Morgan fingerprint density at radius 1 is 1.14 bits per heavy atom. The Morgan fingerprint density at radius 3 is 2.64 bits per heavy atom. The first-order chi connectivity index (χ1) is 13.5. The number of ether oxygens (including phenoxy) is 3. The van der Waals surface area contributed by atoms with Crippen molar-refractivity contribution in [2.24, 2.45) is 0 Å². The molecule has 1 aliphatic rings. The van der Waals surface area contributed by atoms with Gasteiger partial charge in [0.25, 0.3) is 0 Å². The number of benzene rings is 2. The second-order valence-corrected chi connectivity index (χ2v) is 8.14. The van der Waals surface area contributed by atoms with Gasteiger partial charge in [-0.3, -0.25) is 9.10 Å². The summed E-state index contributed by atoms with van der Waals surface area (Å²) in [5.74, 6) is 1.13. The summed E-state index contributed by atoms with van der Waals surface area (Å²) in [5.41, 5.74) is 0.349. The highest BCUT2D eigenvalue weighted by atomic mass is 32.2. The van der Waals surface area contributed by atoms with E-state index < -0.39 is 15.9 Å². The number of rotatable bonds is 9. The molecule has 1 N–H and O–H groups in total. The minimum absolute atomic E-state index is 0.0845. The zero-order valence-corrected chi connectivity index (χ0v) is 16.3. The fourth-order valence-electron chi connectivity index (χ4n) is 2.61. The lowest BCUT2D eigenvalue weighted by molar-refractivity contribution is -0.119. The lowest BCUT2D eigenvalue weighted by atomic mass is 10.3. The maximum absolute atomic E-state index is 12.5. The van der Waals surface area contributed by atoms with Gasteiger partial charge in [-0.05, 0) is 31.2 Å². The number of sulfonamides is 1. The number of carbonyl (C=O) groups is 1. The lowest BCUT2D eigenvalue weighted by Crippen LogP contribution is -2.42. The van der Waals surface area contributed by atoms with Crippen LogP contribution in [0.15, 0.2) is 48.5 Å². The number of nitrogens with one attached hydrogen (secondary N) is 1. The van der Waals surface area contributed by atoms with Crippen LogP contribution in [0.25, 0.3) is 0 Å². The monoisotopic (exact) mass is 406 g/mol. The number of amides is 1. The number of fused-ring (bicyclic) bond motifs is 1. The Balaban J connectivity index is 1.61. The fourth-order valence-corrected chi connectivity index (χ4v) is 3.67. The number of nitrogens with zero attached hydrogens (tertiary/aromatic N) is 1. The van der Waals surface area contributed by atoms with Crippen LogP contribution in [0, 0.1) is 0 Å². The molecule has 1 heterocycles. The van der Waals surface area contributed by atoms with Crippen LogP contribution in [-0.2, 0) is 14.8 Å². The van der Waals surface area contributed by atoms with Crippen molar-refractivity contribution in [1.82, 2.24) is 5.32 Å². The van der Waals surface area contributed by atoms with Gasteiger partial charge in [-0.1, -0.05) is 18.2 Å². The number of para-hydroxylation sites is 1. The minimum Gasteiger partial charge on any atom is -0.492 e. The van der Waals surface area contributed by atoms with Crippen molar-refractivity contribution in [1.29, 1.82) is 0 Å². The van der Waals surface area contributed by atoms with Crippen LogP contribution in [-0.4, -0.2) is 46.6 Å². The van der Waals surface area contributed by atoms with Crippen LogP contribution in [0.3, 0.4) is 0 Å². The van der Waals surface area contributed by atoms with Gasteiger partial charge < -0.3 is 19.5 Å². The molecular weight excluding hydrogens is 384 g/mol. The van der Waals surface area contributed by atoms with Crippen molar-refractivity contribution < 1.29 is 27.4 Å². The third-order valence-electron chi connectivity index (χ3n) is 4.07. The van der Waals surface area contributed by atoms with Crippen molar-refractivity contribution in [3.05, 3.63) is 48.5 Å². The normalized spacial score (nSPS) is 12.5. The van der Waals surface area contributed by atoms with E-state index in [1.165, 1.54) is 6.92 Å². The van der Waals surface area contributed by atoms with E-state index in [9.17, 15) is 13.2 Å². The zero-order chi connectivity index (χ0) is 20.0. The molecule has 0 spiro atoms. The van der Waals surface area contributed by atoms with Crippen molar-refractivity contribution in [3.8, 4) is 17.2 Å². The first-order valence-electron chi connectivity index (χ1n) is 8.84. The summed E-state index contributed by atoms with van der Waals surface area (Å²) in [4.78, 5) is 12.3. The summed E-state index contributed by atoms with van der Waals surface area (Å²) in [6.45, 7) is 1.82. The molecule has 28 heavy (non-hydrogen) atoms. The molecule has 8 nitrogen and oxygen atoms in total. The quantitative estimate of drug-likeness (QED) is 0.638. The van der Waals surface area contributed by atoms with Crippen LogP contribution in [0.1, 0.15) is 6.92 Å². The molecule has 3 rings (SSSR count). The van der Waals surface area contributed by atoms with Crippen LogP contribution < -0.4 is 23.8 Å². The van der Waals surface area contributed by atoms with Gasteiger partial charge in [-0.2, -0.15) is 0 Å². The van der Waals surface area contributed by atoms with E-state index in [2.05, 4.69) is 5.32 Å². The van der Waals surface area contributed by atoms with Crippen LogP contribution in [0.2, 0.25) is 0 Å². The van der Waals surface area contributed by atoms with Gasteiger partial charge in [0.2, 0.25) is 22.7 Å². The van der Waals surface area contributed by atoms with Crippen LogP contribution in [0.5, 0.6) is 17.2 Å². The molecule has 0 aliphatic carbocycles. The maximum Gasteiger partial charge on any atom is 0.240 e. The molecule has 0 fully saturated rings. The predicted octanol–water partition coefficient (Wildman–Crippen LogP) is 1.77. The largest absolute Gasteiger partial charge is 0.492 e. The molecule has 1 amide bonds. The molecule has 2 aromatic rings. The number of hydrogen-bond donors (Lipinski definition) is 1. The second kappa shape index (κ2) is 8.83. The zero-order valence-electron chi connectivity index (χ0n) is 15.5. The van der Waals surface area contributed by atoms with Crippen LogP contribution >= 0.6 is 0 Å². The number of hydrogen-bond acceptors (Lipinski definition) is 6. The summed E-state index contributed by atoms with van der Waals surface area (Å²) < 4.78 is 42.1. The van der Waals surface area contributed by atoms with Gasteiger partial charge in [0, 0.05) is 6.07 Å². The smallest absolute Gasteiger partial charge is 0.240 e. The summed E-state index contributed by atoms with van der Waals surface area (Å²) in [6, 6.07) is 14.0. The summed E-state index contributed by atoms with van der Waals surface area (Å²) in [5, 5.41) is 2.68. The van der Waals surface area contributed by atoms with E-state index in [-0.39, 0.29) is 32.2 Å². The van der Waals surface area contributed by atoms with Gasteiger partial charge in [-0.15, -0.1) is 0 Å². The lowest BCUT2D eigenvalue weighted by Gasteiger charge is -2.23. The predicted molar refractivity (Wildman–Crippen MR) is 104 cm³/mol. The molecule has 1 aliphatic heterocycles. The molecule has 150 valence electrons. The standard InChI is InChI=1S/C19H22N2O6S/c1-2-28(23,24)21(15-8-9-17-18(12-15)27-14-26-17)13-19(22)20-10-11-25-16-6-4-3-5-7-16/h3-9,12H,2,10-11,13-14H2,1H3,(H,20,22). The average molecular weight is 406 g/mol. The fraction of sp³-hybridized carbons (Fsp3) is 0.316. The topological polar surface area (TPSA) is 94.2 Å². The van der Waals surface area contributed by atoms with E-state index in [0.717, 1.165) is 4.31 Å². The van der Waals surface area contributed by atoms with Gasteiger partial charge >= 0.3 is 0 Å². The Morgan fingerprint density at radius 2 is 1.89 bits per heavy atom. The third-order valence-corrected chi connectivity index (χ3v) is 5.81. The third kappa shape index (κ3) is 4.86. The molecule has 0 saturated carbocycles. The molecular formula is C19H22N2O6S. The number of carbonyl (C=O) groups excluding carboxylic acids is 1. The van der Waals surface area contributed by atoms with E-state index in [0.29, 0.717) is 22.9 Å². The highest BCUT2D eigenvalue weighted by Gasteiger charge is 2.25. The molecule has 0 atom stereocenters. The summed E-state index contributed by atoms with van der Waals surface area (Å²) in [7, 11) is -3.65. The number of anilines is 1. The van der Waals surface area contributed by atoms with Crippen molar-refractivity contribution >= 4 is 21.6 Å². The highest BCUT2D eigenvalue weighted by Crippen LogP contribution is 2.36. The van der Waals surface area contributed by atoms with E-state index >= 15 is 0 Å². The Hall–Kier alpha value is -2.94. The second-order valence-electron chi connectivity index (χ2n) is 5.96. The first-order valence-corrected chi connectivity index (χ1v) is 10.4. The molecule has 0 unspecified atom stereocenters. The van der Waals surface area contributed by atoms with E-state index in [1.54, 1.807) is 18.2 Å². The Kier molecular flexibility index (Phi) is 6.25.